The summed E-state index contributed by atoms with van der Waals surface area (Å²) in [6, 6.07) is 12.7. The van der Waals surface area contributed by atoms with Crippen LogP contribution in [0.3, 0.4) is 0 Å². The summed E-state index contributed by atoms with van der Waals surface area (Å²) < 4.78 is 15.7. The van der Waals surface area contributed by atoms with Gasteiger partial charge in [0.05, 0.1) is 0 Å². The summed E-state index contributed by atoms with van der Waals surface area (Å²) in [5, 5.41) is 7.77. The summed E-state index contributed by atoms with van der Waals surface area (Å²) in [5.74, 6) is 0.103. The van der Waals surface area contributed by atoms with E-state index in [2.05, 4.69) is 16.0 Å². The fraction of sp³-hybridized carbons (Fsp3) is 0.286. The first-order valence-corrected chi connectivity index (χ1v) is 9.41. The van der Waals surface area contributed by atoms with Crippen LogP contribution in [0.15, 0.2) is 48.5 Å². The van der Waals surface area contributed by atoms with E-state index in [-0.39, 0.29) is 13.3 Å². The molecule has 9 nitrogen and oxygen atoms in total. The Morgan fingerprint density at radius 1 is 1.03 bits per heavy atom. The number of carbonyl (C=O) groups excluding carboxylic acids is 3. The van der Waals surface area contributed by atoms with Crippen molar-refractivity contribution in [1.82, 2.24) is 10.6 Å². The average molecular weight is 413 g/mol. The lowest BCUT2D eigenvalue weighted by atomic mass is 10.2. The molecular formula is C21H23N3O6. The Bertz CT molecular complexity index is 918. The molecular weight excluding hydrogens is 390 g/mol. The third kappa shape index (κ3) is 5.63. The van der Waals surface area contributed by atoms with E-state index in [4.69, 9.17) is 14.2 Å². The van der Waals surface area contributed by atoms with Crippen molar-refractivity contribution in [2.45, 2.75) is 32.5 Å². The molecule has 0 bridgehead atoms. The summed E-state index contributed by atoms with van der Waals surface area (Å²) in [6.07, 6.45) is -1.02. The van der Waals surface area contributed by atoms with Gasteiger partial charge in [0.1, 0.15) is 6.04 Å². The smallest absolute Gasteiger partial charge is 0.329 e. The molecule has 2 atom stereocenters. The van der Waals surface area contributed by atoms with Gasteiger partial charge in [-0.1, -0.05) is 24.3 Å². The molecule has 0 fully saturated rings. The minimum absolute atomic E-state index is 0.174. The van der Waals surface area contributed by atoms with Crippen LogP contribution in [0.5, 0.6) is 11.5 Å². The number of hydrogen-bond donors (Lipinski definition) is 3. The van der Waals surface area contributed by atoms with Crippen molar-refractivity contribution in [1.29, 1.82) is 0 Å². The number of nitrogens with one attached hydrogen (secondary N) is 3. The van der Waals surface area contributed by atoms with E-state index in [1.807, 2.05) is 12.1 Å². The highest BCUT2D eigenvalue weighted by Crippen LogP contribution is 2.32. The van der Waals surface area contributed by atoms with E-state index in [9.17, 15) is 14.4 Å². The average Bonchev–Trinajstić information content (AvgIpc) is 3.20. The molecule has 0 aliphatic carbocycles. The SMILES string of the molecule is C[C@H](NC(=O)Nc1ccccc1)C(=O)O[C@H](C)C(=O)NCc1ccc2c(c1)OCO2. The van der Waals surface area contributed by atoms with Crippen molar-refractivity contribution in [3.05, 3.63) is 54.1 Å². The second-order valence-corrected chi connectivity index (χ2v) is 6.67. The van der Waals surface area contributed by atoms with Gasteiger partial charge in [-0.15, -0.1) is 0 Å². The Hall–Kier alpha value is -3.75. The van der Waals surface area contributed by atoms with Crippen molar-refractivity contribution >= 4 is 23.6 Å². The van der Waals surface area contributed by atoms with E-state index in [1.54, 1.807) is 36.4 Å². The van der Waals surface area contributed by atoms with Crippen LogP contribution in [0.1, 0.15) is 19.4 Å². The number of anilines is 1. The van der Waals surface area contributed by atoms with Crippen LogP contribution in [0.4, 0.5) is 10.5 Å². The summed E-state index contributed by atoms with van der Waals surface area (Å²) >= 11 is 0. The van der Waals surface area contributed by atoms with E-state index < -0.39 is 30.1 Å². The fourth-order valence-electron chi connectivity index (χ4n) is 2.66. The van der Waals surface area contributed by atoms with Crippen molar-refractivity contribution in [3.8, 4) is 11.5 Å². The minimum Gasteiger partial charge on any atom is -0.454 e. The standard InChI is InChI=1S/C21H23N3O6/c1-13(23-21(27)24-16-6-4-3-5-7-16)20(26)30-14(2)19(25)22-11-15-8-9-17-18(10-15)29-12-28-17/h3-10,13-14H,11-12H2,1-2H3,(H,22,25)(H2,23,24,27)/t13-,14+/m0/s1. The lowest BCUT2D eigenvalue weighted by molar-refractivity contribution is -0.156. The van der Waals surface area contributed by atoms with E-state index in [0.29, 0.717) is 17.2 Å². The predicted molar refractivity (Wildman–Crippen MR) is 108 cm³/mol. The molecule has 0 unspecified atom stereocenters. The molecule has 0 radical (unpaired) electrons. The molecule has 0 spiro atoms. The van der Waals surface area contributed by atoms with Gasteiger partial charge in [0, 0.05) is 12.2 Å². The van der Waals surface area contributed by atoms with Gasteiger partial charge in [0.25, 0.3) is 5.91 Å². The number of carbonyl (C=O) groups is 3. The molecule has 2 aromatic carbocycles. The molecule has 3 N–H and O–H groups in total. The van der Waals surface area contributed by atoms with Gasteiger partial charge in [-0.05, 0) is 43.7 Å². The van der Waals surface area contributed by atoms with Crippen LogP contribution in [-0.2, 0) is 20.9 Å². The molecule has 30 heavy (non-hydrogen) atoms. The number of para-hydroxylation sites is 1. The van der Waals surface area contributed by atoms with Gasteiger partial charge >= 0.3 is 12.0 Å². The Labute approximate surface area is 173 Å². The van der Waals surface area contributed by atoms with Crippen LogP contribution >= 0.6 is 0 Å². The number of benzene rings is 2. The molecule has 1 aliphatic heterocycles. The highest BCUT2D eigenvalue weighted by Gasteiger charge is 2.23. The summed E-state index contributed by atoms with van der Waals surface area (Å²) in [4.78, 5) is 36.4. The van der Waals surface area contributed by atoms with Gasteiger partial charge in [-0.25, -0.2) is 9.59 Å². The minimum atomic E-state index is -1.02. The molecule has 1 heterocycles. The number of ether oxygens (including phenoxy) is 3. The number of urea groups is 1. The number of hydrogen-bond acceptors (Lipinski definition) is 6. The van der Waals surface area contributed by atoms with E-state index in [0.717, 1.165) is 5.56 Å². The maximum absolute atomic E-state index is 12.2. The molecule has 0 saturated carbocycles. The van der Waals surface area contributed by atoms with E-state index in [1.165, 1.54) is 13.8 Å². The first kappa shape index (κ1) is 21.0. The normalized spacial score (nSPS) is 13.7. The maximum atomic E-state index is 12.2. The Kier molecular flexibility index (Phi) is 6.74. The summed E-state index contributed by atoms with van der Waals surface area (Å²) in [6.45, 7) is 3.35. The molecule has 3 amide bonds. The zero-order valence-electron chi connectivity index (χ0n) is 16.6. The third-order valence-corrected chi connectivity index (χ3v) is 4.30. The van der Waals surface area contributed by atoms with Gasteiger partial charge in [-0.2, -0.15) is 0 Å². The quantitative estimate of drug-likeness (QED) is 0.600. The number of fused-ring (bicyclic) bond motifs is 1. The monoisotopic (exact) mass is 413 g/mol. The molecule has 2 aromatic rings. The van der Waals surface area contributed by atoms with Crippen LogP contribution in [-0.4, -0.2) is 36.8 Å². The van der Waals surface area contributed by atoms with Crippen molar-refractivity contribution < 1.29 is 28.6 Å². The fourth-order valence-corrected chi connectivity index (χ4v) is 2.66. The van der Waals surface area contributed by atoms with Crippen LogP contribution in [0.2, 0.25) is 0 Å². The molecule has 0 aromatic heterocycles. The number of rotatable bonds is 7. The first-order chi connectivity index (χ1) is 14.4. The Morgan fingerprint density at radius 2 is 1.77 bits per heavy atom. The van der Waals surface area contributed by atoms with Crippen molar-refractivity contribution in [2.24, 2.45) is 0 Å². The topological polar surface area (TPSA) is 115 Å². The molecule has 9 heteroatoms. The number of amides is 3. The molecule has 158 valence electrons. The largest absolute Gasteiger partial charge is 0.454 e. The lowest BCUT2D eigenvalue weighted by Gasteiger charge is -2.18. The molecule has 1 aliphatic rings. The molecule has 3 rings (SSSR count). The van der Waals surface area contributed by atoms with Gasteiger partial charge < -0.3 is 30.2 Å². The van der Waals surface area contributed by atoms with Gasteiger partial charge in [-0.3, -0.25) is 4.79 Å². The van der Waals surface area contributed by atoms with Gasteiger partial charge in [0.15, 0.2) is 17.6 Å². The highest BCUT2D eigenvalue weighted by atomic mass is 16.7. The second-order valence-electron chi connectivity index (χ2n) is 6.67. The Morgan fingerprint density at radius 3 is 2.53 bits per heavy atom. The summed E-state index contributed by atoms with van der Waals surface area (Å²) in [5.41, 5.74) is 1.41. The van der Waals surface area contributed by atoms with Crippen LogP contribution in [0, 0.1) is 0 Å². The summed E-state index contributed by atoms with van der Waals surface area (Å²) in [7, 11) is 0. The third-order valence-electron chi connectivity index (χ3n) is 4.30. The van der Waals surface area contributed by atoms with Crippen LogP contribution in [0.25, 0.3) is 0 Å². The van der Waals surface area contributed by atoms with Crippen LogP contribution < -0.4 is 25.4 Å². The van der Waals surface area contributed by atoms with Crippen molar-refractivity contribution in [2.75, 3.05) is 12.1 Å². The number of esters is 1. The van der Waals surface area contributed by atoms with Gasteiger partial charge in [0.2, 0.25) is 6.79 Å². The maximum Gasteiger partial charge on any atom is 0.329 e. The molecule has 0 saturated heterocycles. The highest BCUT2D eigenvalue weighted by molar-refractivity contribution is 5.93. The second kappa shape index (κ2) is 9.64. The first-order valence-electron chi connectivity index (χ1n) is 9.41. The van der Waals surface area contributed by atoms with E-state index >= 15 is 0 Å². The predicted octanol–water partition coefficient (Wildman–Crippen LogP) is 2.17. The zero-order chi connectivity index (χ0) is 21.5. The Balaban J connectivity index is 1.42. The van der Waals surface area contributed by atoms with Crippen molar-refractivity contribution in [3.63, 3.8) is 0 Å². The zero-order valence-corrected chi connectivity index (χ0v) is 16.6. The lowest BCUT2D eigenvalue weighted by Crippen LogP contribution is -2.44.